The monoisotopic (exact) mass is 486 g/mol. The van der Waals surface area contributed by atoms with E-state index >= 15 is 0 Å². The van der Waals surface area contributed by atoms with E-state index in [-0.39, 0.29) is 5.41 Å². The summed E-state index contributed by atoms with van der Waals surface area (Å²) in [6.45, 7) is 14.7. The Morgan fingerprint density at radius 2 is 1.86 bits per heavy atom. The highest BCUT2D eigenvalue weighted by Crippen LogP contribution is 2.40. The summed E-state index contributed by atoms with van der Waals surface area (Å²) < 4.78 is 10.9. The standard InChI is InChI=1S/C32H38O4/c1-8-25-19-26-24(5)18-31(34)36-29(26)20-28(25)35-30(33)17-22(3)12-9-11-21(2)14-15-27-23(4)13-10-16-32(27,6)7/h9,11-12,14-15,17-20H,8,10,13,16H2,1-7H3. The first-order valence-electron chi connectivity index (χ1n) is 12.7. The van der Waals surface area contributed by atoms with Crippen molar-refractivity contribution in [3.63, 3.8) is 0 Å². The Morgan fingerprint density at radius 1 is 1.11 bits per heavy atom. The summed E-state index contributed by atoms with van der Waals surface area (Å²) in [5.41, 5.74) is 6.78. The Hall–Kier alpha value is -3.40. The summed E-state index contributed by atoms with van der Waals surface area (Å²) in [5.74, 6) is -0.0587. The van der Waals surface area contributed by atoms with E-state index in [1.54, 1.807) is 6.07 Å². The summed E-state index contributed by atoms with van der Waals surface area (Å²) in [4.78, 5) is 24.3. The Labute approximate surface area is 214 Å². The molecule has 36 heavy (non-hydrogen) atoms. The van der Waals surface area contributed by atoms with Crippen molar-refractivity contribution >= 4 is 16.9 Å². The smallest absolute Gasteiger partial charge is 0.336 e. The molecule has 4 heteroatoms. The van der Waals surface area contributed by atoms with Gasteiger partial charge in [-0.1, -0.05) is 62.3 Å². The van der Waals surface area contributed by atoms with Crippen LogP contribution in [0.25, 0.3) is 11.0 Å². The number of allylic oxidation sites excluding steroid dienone is 9. The Morgan fingerprint density at radius 3 is 2.56 bits per heavy atom. The van der Waals surface area contributed by atoms with Crippen molar-refractivity contribution in [1.82, 2.24) is 0 Å². The highest BCUT2D eigenvalue weighted by Gasteiger charge is 2.26. The van der Waals surface area contributed by atoms with Gasteiger partial charge >= 0.3 is 11.6 Å². The number of fused-ring (bicyclic) bond motifs is 1. The van der Waals surface area contributed by atoms with Crippen LogP contribution >= 0.6 is 0 Å². The molecule has 2 aromatic rings. The van der Waals surface area contributed by atoms with Gasteiger partial charge in [0.15, 0.2) is 0 Å². The average molecular weight is 487 g/mol. The van der Waals surface area contributed by atoms with E-state index in [9.17, 15) is 9.59 Å². The van der Waals surface area contributed by atoms with E-state index in [2.05, 4.69) is 39.8 Å². The molecule has 4 nitrogen and oxygen atoms in total. The molecular formula is C32H38O4. The van der Waals surface area contributed by atoms with Crippen LogP contribution in [-0.2, 0) is 11.2 Å². The minimum Gasteiger partial charge on any atom is -0.423 e. The van der Waals surface area contributed by atoms with Gasteiger partial charge in [0.25, 0.3) is 0 Å². The van der Waals surface area contributed by atoms with Crippen LogP contribution in [0.15, 0.2) is 86.2 Å². The third-order valence-electron chi connectivity index (χ3n) is 6.84. The molecule has 0 bridgehead atoms. The van der Waals surface area contributed by atoms with Crippen molar-refractivity contribution in [1.29, 1.82) is 0 Å². The Balaban J connectivity index is 1.70. The molecule has 3 rings (SSSR count). The second kappa shape index (κ2) is 11.6. The topological polar surface area (TPSA) is 56.5 Å². The van der Waals surface area contributed by atoms with E-state index < -0.39 is 11.6 Å². The fraction of sp³-hybridized carbons (Fsp3) is 0.375. The molecule has 1 aliphatic carbocycles. The number of aryl methyl sites for hydroxylation is 2. The van der Waals surface area contributed by atoms with Gasteiger partial charge in [-0.3, -0.25) is 0 Å². The van der Waals surface area contributed by atoms with Gasteiger partial charge in [-0.05, 0) is 87.1 Å². The minimum atomic E-state index is -0.469. The molecule has 0 saturated heterocycles. The Kier molecular flexibility index (Phi) is 8.73. The van der Waals surface area contributed by atoms with Gasteiger partial charge in [-0.15, -0.1) is 0 Å². The van der Waals surface area contributed by atoms with E-state index in [1.165, 1.54) is 42.6 Å². The molecule has 0 unspecified atom stereocenters. The second-order valence-electron chi connectivity index (χ2n) is 10.4. The van der Waals surface area contributed by atoms with Crippen LogP contribution < -0.4 is 10.4 Å². The van der Waals surface area contributed by atoms with Crippen molar-refractivity contribution in [2.24, 2.45) is 5.41 Å². The normalized spacial score (nSPS) is 17.0. The summed E-state index contributed by atoms with van der Waals surface area (Å²) in [5, 5.41) is 0.843. The molecule has 0 saturated carbocycles. The van der Waals surface area contributed by atoms with E-state index in [0.717, 1.165) is 27.7 Å². The Bertz CT molecular complexity index is 1360. The molecule has 1 aliphatic rings. The number of carbonyl (C=O) groups excluding carboxylic acids is 1. The molecule has 0 amide bonds. The lowest BCUT2D eigenvalue weighted by Gasteiger charge is -2.32. The molecule has 1 aromatic heterocycles. The van der Waals surface area contributed by atoms with Crippen LogP contribution in [0, 0.1) is 12.3 Å². The van der Waals surface area contributed by atoms with Crippen LogP contribution in [0.3, 0.4) is 0 Å². The van der Waals surface area contributed by atoms with Crippen LogP contribution in [0.5, 0.6) is 5.75 Å². The van der Waals surface area contributed by atoms with E-state index in [1.807, 2.05) is 45.1 Å². The predicted molar refractivity (Wildman–Crippen MR) is 148 cm³/mol. The molecule has 190 valence electrons. The minimum absolute atomic E-state index is 0.224. The molecule has 1 aromatic carbocycles. The van der Waals surface area contributed by atoms with Gasteiger partial charge in [0.1, 0.15) is 11.3 Å². The van der Waals surface area contributed by atoms with Crippen LogP contribution in [-0.4, -0.2) is 5.97 Å². The summed E-state index contributed by atoms with van der Waals surface area (Å²) >= 11 is 0. The zero-order valence-electron chi connectivity index (χ0n) is 22.7. The summed E-state index contributed by atoms with van der Waals surface area (Å²) in [6, 6.07) is 5.01. The number of carbonyl (C=O) groups is 1. The maximum Gasteiger partial charge on any atom is 0.336 e. The molecule has 0 aliphatic heterocycles. The number of hydrogen-bond acceptors (Lipinski definition) is 4. The molecule has 0 fully saturated rings. The zero-order chi connectivity index (χ0) is 26.5. The first kappa shape index (κ1) is 27.2. The van der Waals surface area contributed by atoms with Crippen molar-refractivity contribution < 1.29 is 13.9 Å². The van der Waals surface area contributed by atoms with Crippen molar-refractivity contribution in [2.75, 3.05) is 0 Å². The largest absolute Gasteiger partial charge is 0.423 e. The number of esters is 1. The average Bonchev–Trinajstić information content (AvgIpc) is 2.77. The molecular weight excluding hydrogens is 448 g/mol. The number of rotatable bonds is 7. The van der Waals surface area contributed by atoms with Crippen molar-refractivity contribution in [2.45, 2.75) is 74.1 Å². The van der Waals surface area contributed by atoms with Gasteiger partial charge < -0.3 is 9.15 Å². The van der Waals surface area contributed by atoms with Crippen LogP contribution in [0.2, 0.25) is 0 Å². The van der Waals surface area contributed by atoms with Crippen LogP contribution in [0.4, 0.5) is 0 Å². The first-order chi connectivity index (χ1) is 17.0. The van der Waals surface area contributed by atoms with Gasteiger partial charge in [0.2, 0.25) is 0 Å². The first-order valence-corrected chi connectivity index (χ1v) is 12.7. The number of ether oxygens (including phenoxy) is 1. The van der Waals surface area contributed by atoms with Crippen molar-refractivity contribution in [3.8, 4) is 5.75 Å². The van der Waals surface area contributed by atoms with E-state index in [4.69, 9.17) is 9.15 Å². The van der Waals surface area contributed by atoms with Gasteiger partial charge in [-0.2, -0.15) is 0 Å². The molecule has 0 atom stereocenters. The highest BCUT2D eigenvalue weighted by molar-refractivity contribution is 5.88. The fourth-order valence-electron chi connectivity index (χ4n) is 4.77. The second-order valence-corrected chi connectivity index (χ2v) is 10.4. The SMILES string of the molecule is CCc1cc2c(C)cc(=O)oc2cc1OC(=O)C=C(C)C=CC=C(C)C=CC1=C(C)CCCC1(C)C. The molecule has 1 heterocycles. The molecule has 0 N–H and O–H groups in total. The number of hydrogen-bond donors (Lipinski definition) is 0. The van der Waals surface area contributed by atoms with Gasteiger partial charge in [-0.25, -0.2) is 9.59 Å². The van der Waals surface area contributed by atoms with E-state index in [0.29, 0.717) is 17.8 Å². The highest BCUT2D eigenvalue weighted by atomic mass is 16.5. The maximum atomic E-state index is 12.6. The molecule has 0 spiro atoms. The zero-order valence-corrected chi connectivity index (χ0v) is 22.7. The van der Waals surface area contributed by atoms with Crippen LogP contribution in [0.1, 0.15) is 71.9 Å². The van der Waals surface area contributed by atoms with Crippen molar-refractivity contribution in [3.05, 3.63) is 98.5 Å². The third kappa shape index (κ3) is 6.84. The van der Waals surface area contributed by atoms with Gasteiger partial charge in [0.05, 0.1) is 0 Å². The lowest BCUT2D eigenvalue weighted by atomic mass is 9.72. The molecule has 0 radical (unpaired) electrons. The quantitative estimate of drug-likeness (QED) is 0.130. The lowest BCUT2D eigenvalue weighted by Crippen LogP contribution is -2.19. The fourth-order valence-corrected chi connectivity index (χ4v) is 4.77. The number of benzene rings is 1. The maximum absolute atomic E-state index is 12.6. The summed E-state index contributed by atoms with van der Waals surface area (Å²) in [6.07, 6.45) is 16.1. The van der Waals surface area contributed by atoms with Gasteiger partial charge in [0, 0.05) is 23.6 Å². The predicted octanol–water partition coefficient (Wildman–Crippen LogP) is 8.10. The summed E-state index contributed by atoms with van der Waals surface area (Å²) in [7, 11) is 0. The third-order valence-corrected chi connectivity index (χ3v) is 6.84. The lowest BCUT2D eigenvalue weighted by molar-refractivity contribution is -0.129.